The van der Waals surface area contributed by atoms with E-state index in [0.29, 0.717) is 24.1 Å². The van der Waals surface area contributed by atoms with E-state index < -0.39 is 13.9 Å². The number of unbranched alkanes of at least 4 members (excludes halogenated alkanes) is 15. The molecule has 0 aliphatic carbocycles. The Hall–Kier alpha value is -2.06. The first-order chi connectivity index (χ1) is 27.6. The predicted octanol–water partition coefficient (Wildman–Crippen LogP) is 12.9. The summed E-state index contributed by atoms with van der Waals surface area (Å²) in [5.41, 5.74) is 0. The van der Waals surface area contributed by atoms with Crippen molar-refractivity contribution >= 4 is 13.8 Å². The largest absolute Gasteiger partial charge is 0.756 e. The highest BCUT2D eigenvalue weighted by atomic mass is 31.2. The number of hydrogen-bond acceptors (Lipinski definition) is 7. The van der Waals surface area contributed by atoms with E-state index in [0.717, 1.165) is 83.5 Å². The van der Waals surface area contributed by atoms with Crippen LogP contribution in [0.3, 0.4) is 0 Å². The van der Waals surface area contributed by atoms with Gasteiger partial charge in [-0.05, 0) is 64.2 Å². The fourth-order valence-corrected chi connectivity index (χ4v) is 6.51. The van der Waals surface area contributed by atoms with E-state index in [1.165, 1.54) is 64.2 Å². The van der Waals surface area contributed by atoms with E-state index in [1.54, 1.807) is 0 Å². The molecule has 0 rings (SSSR count). The summed E-state index contributed by atoms with van der Waals surface area (Å²) in [5.74, 6) is -0.349. The second-order valence-electron chi connectivity index (χ2n) is 16.0. The molecule has 0 aromatic carbocycles. The molecule has 330 valence electrons. The monoisotopic (exact) mass is 820 g/mol. The fourth-order valence-electron chi connectivity index (χ4n) is 5.78. The zero-order valence-corrected chi connectivity index (χ0v) is 38.2. The molecule has 0 bridgehead atoms. The number of carbonyl (C=O) groups excluding carboxylic acids is 1. The summed E-state index contributed by atoms with van der Waals surface area (Å²) in [6, 6.07) is 0. The normalized spacial score (nSPS) is 14.4. The number of quaternary nitrogens is 1. The maximum atomic E-state index is 12.7. The van der Waals surface area contributed by atoms with Gasteiger partial charge in [-0.25, -0.2) is 0 Å². The van der Waals surface area contributed by atoms with Gasteiger partial charge in [-0.3, -0.25) is 9.36 Å². The quantitative estimate of drug-likeness (QED) is 0.0199. The number of nitrogens with zero attached hydrogens (tertiary/aromatic N) is 1. The maximum absolute atomic E-state index is 12.7. The molecule has 0 radical (unpaired) electrons. The Morgan fingerprint density at radius 1 is 0.561 bits per heavy atom. The van der Waals surface area contributed by atoms with Gasteiger partial charge in [-0.15, -0.1) is 0 Å². The summed E-state index contributed by atoms with van der Waals surface area (Å²) in [7, 11) is 1.33. The van der Waals surface area contributed by atoms with Crippen LogP contribution >= 0.6 is 7.82 Å². The lowest BCUT2D eigenvalue weighted by atomic mass is 10.0. The third-order valence-electron chi connectivity index (χ3n) is 9.27. The molecule has 0 N–H and O–H groups in total. The molecular formula is C48H86NO7P. The van der Waals surface area contributed by atoms with Crippen LogP contribution in [-0.4, -0.2) is 70.7 Å². The van der Waals surface area contributed by atoms with Crippen LogP contribution in [0.5, 0.6) is 0 Å². The molecule has 0 saturated carbocycles. The molecule has 0 aliphatic heterocycles. The molecule has 2 unspecified atom stereocenters. The number of hydrogen-bond donors (Lipinski definition) is 0. The van der Waals surface area contributed by atoms with Crippen molar-refractivity contribution in [2.45, 2.75) is 174 Å². The summed E-state index contributed by atoms with van der Waals surface area (Å²) < 4.78 is 34.6. The van der Waals surface area contributed by atoms with Gasteiger partial charge < -0.3 is 27.9 Å². The van der Waals surface area contributed by atoms with Crippen LogP contribution in [0.2, 0.25) is 0 Å². The minimum Gasteiger partial charge on any atom is -0.756 e. The fraction of sp³-hybridized carbons (Fsp3) is 0.729. The lowest BCUT2D eigenvalue weighted by Gasteiger charge is -2.28. The third-order valence-corrected chi connectivity index (χ3v) is 10.2. The van der Waals surface area contributed by atoms with Crippen LogP contribution in [0.25, 0.3) is 0 Å². The van der Waals surface area contributed by atoms with Crippen LogP contribution in [0.4, 0.5) is 0 Å². The van der Waals surface area contributed by atoms with Crippen LogP contribution in [0.1, 0.15) is 168 Å². The first-order valence-corrected chi connectivity index (χ1v) is 24.1. The molecule has 0 aliphatic rings. The van der Waals surface area contributed by atoms with Gasteiger partial charge in [0.15, 0.2) is 0 Å². The van der Waals surface area contributed by atoms with Gasteiger partial charge in [0.05, 0.1) is 34.4 Å². The minimum absolute atomic E-state index is 0.0167. The standard InChI is InChI=1S/C48H86NO7P/c1-6-8-10-12-14-16-18-20-21-22-23-24-25-26-27-28-30-32-34-36-38-40-43-53-45-47(46-55-57(51,52)54-44-42-49(3,4)5)56-48(50)41-39-37-35-33-31-29-19-17-15-13-11-9-7-2/h8,10,14,16,20-21,23-24,26-27,30,32,47H,6-7,9,11-13,15,17-19,22,25,28-29,31,33-46H2,1-5H3/b10-8-,16-14-,21-20-,24-23-,27-26-,32-30-. The highest BCUT2D eigenvalue weighted by molar-refractivity contribution is 7.45. The molecule has 0 aromatic heterocycles. The number of rotatable bonds is 41. The molecule has 0 aromatic rings. The molecule has 9 heteroatoms. The van der Waals surface area contributed by atoms with E-state index in [1.807, 2.05) is 21.1 Å². The van der Waals surface area contributed by atoms with Gasteiger partial charge in [0.1, 0.15) is 19.3 Å². The van der Waals surface area contributed by atoms with Gasteiger partial charge in [0.25, 0.3) is 7.82 Å². The zero-order chi connectivity index (χ0) is 42.0. The van der Waals surface area contributed by atoms with Crippen molar-refractivity contribution in [3.8, 4) is 0 Å². The Kier molecular flexibility index (Phi) is 39.2. The van der Waals surface area contributed by atoms with Crippen molar-refractivity contribution in [2.24, 2.45) is 0 Å². The smallest absolute Gasteiger partial charge is 0.306 e. The molecule has 8 nitrogen and oxygen atoms in total. The van der Waals surface area contributed by atoms with Crippen LogP contribution in [0.15, 0.2) is 72.9 Å². The molecule has 0 fully saturated rings. The van der Waals surface area contributed by atoms with Crippen molar-refractivity contribution in [3.05, 3.63) is 72.9 Å². The number of likely N-dealkylation sites (N-methyl/N-ethyl adjacent to an activating group) is 1. The molecule has 0 heterocycles. The highest BCUT2D eigenvalue weighted by Crippen LogP contribution is 2.38. The minimum atomic E-state index is -4.54. The Balaban J connectivity index is 4.28. The third kappa shape index (κ3) is 44.9. The molecule has 2 atom stereocenters. The molecular weight excluding hydrogens is 734 g/mol. The number of allylic oxidation sites excluding steroid dienone is 12. The lowest BCUT2D eigenvalue weighted by molar-refractivity contribution is -0.870. The summed E-state index contributed by atoms with van der Waals surface area (Å²) in [6.45, 7) is 5.20. The van der Waals surface area contributed by atoms with E-state index in [-0.39, 0.29) is 25.8 Å². The second kappa shape index (κ2) is 40.7. The van der Waals surface area contributed by atoms with Crippen LogP contribution in [0, 0.1) is 0 Å². The van der Waals surface area contributed by atoms with Gasteiger partial charge in [0, 0.05) is 13.0 Å². The first-order valence-electron chi connectivity index (χ1n) is 22.7. The van der Waals surface area contributed by atoms with E-state index in [9.17, 15) is 14.3 Å². The predicted molar refractivity (Wildman–Crippen MR) is 240 cm³/mol. The van der Waals surface area contributed by atoms with E-state index >= 15 is 0 Å². The Morgan fingerprint density at radius 3 is 1.51 bits per heavy atom. The molecule has 0 amide bonds. The summed E-state index contributed by atoms with van der Waals surface area (Å²) in [6.07, 6.45) is 52.0. The van der Waals surface area contributed by atoms with Crippen LogP contribution in [-0.2, 0) is 27.9 Å². The maximum Gasteiger partial charge on any atom is 0.306 e. The van der Waals surface area contributed by atoms with E-state index in [2.05, 4.69) is 86.8 Å². The van der Waals surface area contributed by atoms with Gasteiger partial charge in [0.2, 0.25) is 0 Å². The molecule has 0 saturated heterocycles. The van der Waals surface area contributed by atoms with Crippen LogP contribution < -0.4 is 4.89 Å². The molecule has 57 heavy (non-hydrogen) atoms. The van der Waals surface area contributed by atoms with Crippen molar-refractivity contribution in [3.63, 3.8) is 0 Å². The number of phosphoric acid groups is 1. The Bertz CT molecular complexity index is 1140. The van der Waals surface area contributed by atoms with Crippen molar-refractivity contribution in [2.75, 3.05) is 54.1 Å². The van der Waals surface area contributed by atoms with Crippen molar-refractivity contribution < 1.29 is 37.3 Å². The average molecular weight is 820 g/mol. The topological polar surface area (TPSA) is 94.1 Å². The SMILES string of the molecule is CC/C=C\C/C=C\C/C=C\C/C=C\C/C=C\C/C=C\CCCCCOCC(COP(=O)([O-])OCC[N+](C)(C)C)OC(=O)CCCCCCCCCCCCCCC. The second-order valence-corrected chi connectivity index (χ2v) is 17.4. The number of ether oxygens (including phenoxy) is 2. The van der Waals surface area contributed by atoms with Gasteiger partial charge in [-0.2, -0.15) is 0 Å². The van der Waals surface area contributed by atoms with E-state index in [4.69, 9.17) is 18.5 Å². The highest BCUT2D eigenvalue weighted by Gasteiger charge is 2.20. The summed E-state index contributed by atoms with van der Waals surface area (Å²) in [5, 5.41) is 0. The first kappa shape index (κ1) is 54.9. The van der Waals surface area contributed by atoms with Crippen molar-refractivity contribution in [1.82, 2.24) is 0 Å². The number of carbonyl (C=O) groups is 1. The Labute approximate surface area is 351 Å². The number of esters is 1. The summed E-state index contributed by atoms with van der Waals surface area (Å²) in [4.78, 5) is 25.0. The van der Waals surface area contributed by atoms with Gasteiger partial charge in [-0.1, -0.05) is 170 Å². The van der Waals surface area contributed by atoms with Crippen molar-refractivity contribution in [1.29, 1.82) is 0 Å². The Morgan fingerprint density at radius 2 is 1.02 bits per heavy atom. The zero-order valence-electron chi connectivity index (χ0n) is 37.3. The van der Waals surface area contributed by atoms with Gasteiger partial charge >= 0.3 is 5.97 Å². The summed E-state index contributed by atoms with van der Waals surface area (Å²) >= 11 is 0. The molecule has 0 spiro atoms. The number of phosphoric ester groups is 1. The average Bonchev–Trinajstić information content (AvgIpc) is 3.16. The lowest BCUT2D eigenvalue weighted by Crippen LogP contribution is -2.37.